The molecule has 4 aromatic heterocycles. The minimum atomic E-state index is 0.855. The molecule has 1 aromatic carbocycles. The maximum absolute atomic E-state index is 4.61. The Balaban J connectivity index is 1.45. The van der Waals surface area contributed by atoms with Crippen LogP contribution in [0.1, 0.15) is 0 Å². The molecule has 5 rings (SSSR count). The number of benzene rings is 1. The zero-order valence-corrected chi connectivity index (χ0v) is 18.1. The Morgan fingerprint density at radius 3 is 1.32 bits per heavy atom. The van der Waals surface area contributed by atoms with Crippen LogP contribution in [0.25, 0.3) is 45.0 Å². The molecule has 31 heavy (non-hydrogen) atoms. The number of hydrogen-bond acceptors (Lipinski definition) is 4. The number of pyridine rings is 4. The van der Waals surface area contributed by atoms with Gasteiger partial charge in [-0.3, -0.25) is 19.9 Å². The van der Waals surface area contributed by atoms with E-state index < -0.39 is 0 Å². The second-order valence-corrected chi connectivity index (χ2v) is 7.94. The molecule has 5 aromatic rings. The molecule has 0 aliphatic carbocycles. The van der Waals surface area contributed by atoms with Gasteiger partial charge in [0, 0.05) is 40.4 Å². The SMILES string of the molecule is Brc1cc(-c2ccc(-c3ccccn3)nc2)cc(-c2ccc(-c3ccccn3)nc2)c1. The monoisotopic (exact) mass is 464 g/mol. The molecule has 4 nitrogen and oxygen atoms in total. The molecule has 0 saturated heterocycles. The van der Waals surface area contributed by atoms with Gasteiger partial charge in [-0.2, -0.15) is 0 Å². The second kappa shape index (κ2) is 8.58. The first-order chi connectivity index (χ1) is 15.3. The standard InChI is InChI=1S/C26H17BrN4/c27-22-14-20(18-7-9-25(30-16-18)23-5-1-3-11-28-23)13-21(15-22)19-8-10-26(31-17-19)24-6-2-4-12-29-24/h1-17H. The van der Waals surface area contributed by atoms with E-state index in [4.69, 9.17) is 0 Å². The van der Waals surface area contributed by atoms with E-state index in [0.29, 0.717) is 0 Å². The third-order valence-electron chi connectivity index (χ3n) is 4.95. The summed E-state index contributed by atoms with van der Waals surface area (Å²) < 4.78 is 1.00. The lowest BCUT2D eigenvalue weighted by Crippen LogP contribution is -1.89. The lowest BCUT2D eigenvalue weighted by molar-refractivity contribution is 1.25. The minimum Gasteiger partial charge on any atom is -0.255 e. The minimum absolute atomic E-state index is 0.855. The normalized spacial score (nSPS) is 10.7. The van der Waals surface area contributed by atoms with Gasteiger partial charge in [-0.25, -0.2) is 0 Å². The maximum atomic E-state index is 4.61. The predicted molar refractivity (Wildman–Crippen MR) is 127 cm³/mol. The highest BCUT2D eigenvalue weighted by Crippen LogP contribution is 2.31. The molecule has 0 aliphatic rings. The Labute approximate surface area is 188 Å². The number of aromatic nitrogens is 4. The molecule has 0 N–H and O–H groups in total. The zero-order valence-electron chi connectivity index (χ0n) is 16.5. The van der Waals surface area contributed by atoms with Crippen molar-refractivity contribution >= 4 is 15.9 Å². The van der Waals surface area contributed by atoms with Crippen molar-refractivity contribution in [1.29, 1.82) is 0 Å². The molecule has 0 bridgehead atoms. The summed E-state index contributed by atoms with van der Waals surface area (Å²) in [4.78, 5) is 17.9. The quantitative estimate of drug-likeness (QED) is 0.297. The van der Waals surface area contributed by atoms with Crippen LogP contribution in [0.15, 0.2) is 108 Å². The fourth-order valence-corrected chi connectivity index (χ4v) is 3.88. The first kappa shape index (κ1) is 19.3. The lowest BCUT2D eigenvalue weighted by atomic mass is 10.0. The molecule has 0 fully saturated rings. The van der Waals surface area contributed by atoms with E-state index in [2.05, 4.69) is 66.2 Å². The summed E-state index contributed by atoms with van der Waals surface area (Å²) in [6.45, 7) is 0. The predicted octanol–water partition coefficient (Wildman–Crippen LogP) is 6.70. The molecule has 148 valence electrons. The van der Waals surface area contributed by atoms with E-state index in [-0.39, 0.29) is 0 Å². The first-order valence-electron chi connectivity index (χ1n) is 9.82. The van der Waals surface area contributed by atoms with Crippen molar-refractivity contribution < 1.29 is 0 Å². The van der Waals surface area contributed by atoms with Crippen LogP contribution in [0, 0.1) is 0 Å². The summed E-state index contributed by atoms with van der Waals surface area (Å²) in [6, 6.07) is 26.1. The third-order valence-corrected chi connectivity index (χ3v) is 5.40. The van der Waals surface area contributed by atoms with Gasteiger partial charge in [-0.15, -0.1) is 0 Å². The van der Waals surface area contributed by atoms with Crippen LogP contribution in [0.5, 0.6) is 0 Å². The Hall–Kier alpha value is -3.70. The van der Waals surface area contributed by atoms with E-state index in [1.165, 1.54) is 0 Å². The number of nitrogens with zero attached hydrogens (tertiary/aromatic N) is 4. The van der Waals surface area contributed by atoms with Crippen LogP contribution >= 0.6 is 15.9 Å². The van der Waals surface area contributed by atoms with E-state index in [0.717, 1.165) is 49.5 Å². The van der Waals surface area contributed by atoms with Crippen molar-refractivity contribution in [3.63, 3.8) is 0 Å². The van der Waals surface area contributed by atoms with Crippen molar-refractivity contribution in [2.24, 2.45) is 0 Å². The smallest absolute Gasteiger partial charge is 0.0886 e. The van der Waals surface area contributed by atoms with Gasteiger partial charge in [-0.05, 0) is 65.7 Å². The van der Waals surface area contributed by atoms with Gasteiger partial charge < -0.3 is 0 Å². The first-order valence-corrected chi connectivity index (χ1v) is 10.6. The molecular formula is C26H17BrN4. The molecule has 4 heterocycles. The molecule has 0 amide bonds. The zero-order chi connectivity index (χ0) is 21.0. The van der Waals surface area contributed by atoms with Gasteiger partial charge in [0.2, 0.25) is 0 Å². The molecule has 0 saturated carbocycles. The summed E-state index contributed by atoms with van der Waals surface area (Å²) in [5.74, 6) is 0. The number of rotatable bonds is 4. The highest BCUT2D eigenvalue weighted by atomic mass is 79.9. The number of hydrogen-bond donors (Lipinski definition) is 0. The fraction of sp³-hybridized carbons (Fsp3) is 0. The van der Waals surface area contributed by atoms with Gasteiger partial charge >= 0.3 is 0 Å². The van der Waals surface area contributed by atoms with Crippen molar-refractivity contribution in [3.05, 3.63) is 108 Å². The van der Waals surface area contributed by atoms with Crippen molar-refractivity contribution in [2.45, 2.75) is 0 Å². The average Bonchev–Trinajstić information content (AvgIpc) is 2.85. The third kappa shape index (κ3) is 4.27. The Morgan fingerprint density at radius 1 is 0.452 bits per heavy atom. The molecule has 5 heteroatoms. The van der Waals surface area contributed by atoms with Crippen LogP contribution in [0.2, 0.25) is 0 Å². The van der Waals surface area contributed by atoms with Crippen molar-refractivity contribution in [3.8, 4) is 45.0 Å². The molecule has 0 unspecified atom stereocenters. The average molecular weight is 465 g/mol. The molecular weight excluding hydrogens is 448 g/mol. The fourth-order valence-electron chi connectivity index (χ4n) is 3.38. The van der Waals surface area contributed by atoms with Crippen LogP contribution in [-0.2, 0) is 0 Å². The molecule has 0 atom stereocenters. The lowest BCUT2D eigenvalue weighted by Gasteiger charge is -2.09. The van der Waals surface area contributed by atoms with Crippen LogP contribution < -0.4 is 0 Å². The van der Waals surface area contributed by atoms with Crippen LogP contribution in [0.3, 0.4) is 0 Å². The van der Waals surface area contributed by atoms with Crippen LogP contribution in [-0.4, -0.2) is 19.9 Å². The van der Waals surface area contributed by atoms with Crippen molar-refractivity contribution in [1.82, 2.24) is 19.9 Å². The summed E-state index contributed by atoms with van der Waals surface area (Å²) in [5.41, 5.74) is 7.69. The van der Waals surface area contributed by atoms with E-state index in [9.17, 15) is 0 Å². The topological polar surface area (TPSA) is 51.6 Å². The summed E-state index contributed by atoms with van der Waals surface area (Å²) in [7, 11) is 0. The maximum Gasteiger partial charge on any atom is 0.0886 e. The highest BCUT2D eigenvalue weighted by Gasteiger charge is 2.08. The Kier molecular flexibility index (Phi) is 5.33. The van der Waals surface area contributed by atoms with Crippen molar-refractivity contribution in [2.75, 3.05) is 0 Å². The van der Waals surface area contributed by atoms with E-state index >= 15 is 0 Å². The Morgan fingerprint density at radius 2 is 0.935 bits per heavy atom. The van der Waals surface area contributed by atoms with Gasteiger partial charge in [0.25, 0.3) is 0 Å². The van der Waals surface area contributed by atoms with Gasteiger partial charge in [0.05, 0.1) is 22.8 Å². The number of halogens is 1. The molecule has 0 spiro atoms. The van der Waals surface area contributed by atoms with Crippen LogP contribution in [0.4, 0.5) is 0 Å². The highest BCUT2D eigenvalue weighted by molar-refractivity contribution is 9.10. The molecule has 0 aliphatic heterocycles. The summed E-state index contributed by atoms with van der Waals surface area (Å²) in [5, 5.41) is 0. The summed E-state index contributed by atoms with van der Waals surface area (Å²) >= 11 is 3.65. The largest absolute Gasteiger partial charge is 0.255 e. The molecule has 0 radical (unpaired) electrons. The van der Waals surface area contributed by atoms with E-state index in [1.807, 2.05) is 60.9 Å². The van der Waals surface area contributed by atoms with E-state index in [1.54, 1.807) is 12.4 Å². The second-order valence-electron chi connectivity index (χ2n) is 7.02. The van der Waals surface area contributed by atoms with Gasteiger partial charge in [0.1, 0.15) is 0 Å². The van der Waals surface area contributed by atoms with Gasteiger partial charge in [-0.1, -0.05) is 40.2 Å². The van der Waals surface area contributed by atoms with Gasteiger partial charge in [0.15, 0.2) is 0 Å². The Bertz CT molecular complexity index is 1200. The summed E-state index contributed by atoms with van der Waals surface area (Å²) in [6.07, 6.45) is 7.33.